The van der Waals surface area contributed by atoms with Crippen molar-refractivity contribution < 1.29 is 9.52 Å². The van der Waals surface area contributed by atoms with E-state index in [-0.39, 0.29) is 0 Å². The maximum Gasteiger partial charge on any atom is 0.106 e. The van der Waals surface area contributed by atoms with E-state index < -0.39 is 5.60 Å². The zero-order valence-corrected chi connectivity index (χ0v) is 8.85. The summed E-state index contributed by atoms with van der Waals surface area (Å²) >= 11 is 0. The zero-order chi connectivity index (χ0) is 10.3. The van der Waals surface area contributed by atoms with Crippen LogP contribution in [0.5, 0.6) is 0 Å². The lowest BCUT2D eigenvalue weighted by molar-refractivity contribution is 0.0438. The molecule has 1 aromatic rings. The molecule has 1 saturated heterocycles. The van der Waals surface area contributed by atoms with Crippen LogP contribution in [-0.2, 0) is 6.42 Å². The van der Waals surface area contributed by atoms with E-state index in [0.717, 1.165) is 31.3 Å². The summed E-state index contributed by atoms with van der Waals surface area (Å²) in [5.41, 5.74) is -0.555. The number of hydrogen-bond donors (Lipinski definition) is 1. The summed E-state index contributed by atoms with van der Waals surface area (Å²) in [5, 5.41) is 10.4. The Kier molecular flexibility index (Phi) is 2.11. The van der Waals surface area contributed by atoms with Crippen LogP contribution in [0.2, 0.25) is 0 Å². The molecule has 0 bridgehead atoms. The molecule has 1 unspecified atom stereocenters. The average molecular weight is 207 g/mol. The smallest absolute Gasteiger partial charge is 0.106 e. The van der Waals surface area contributed by atoms with E-state index in [1.165, 1.54) is 12.8 Å². The summed E-state index contributed by atoms with van der Waals surface area (Å²) in [6.45, 7) is 1.86. The second-order valence-corrected chi connectivity index (χ2v) is 4.93. The molecular weight excluding hydrogens is 190 g/mol. The Balaban J connectivity index is 1.64. The van der Waals surface area contributed by atoms with Crippen molar-refractivity contribution in [1.82, 2.24) is 4.90 Å². The van der Waals surface area contributed by atoms with Gasteiger partial charge in [-0.2, -0.15) is 0 Å². The lowest BCUT2D eigenvalue weighted by atomic mass is 9.97. The van der Waals surface area contributed by atoms with Crippen molar-refractivity contribution in [3.8, 4) is 0 Å². The summed E-state index contributed by atoms with van der Waals surface area (Å²) in [5.74, 6) is 0.898. The van der Waals surface area contributed by atoms with Crippen molar-refractivity contribution in [2.24, 2.45) is 0 Å². The van der Waals surface area contributed by atoms with Gasteiger partial charge in [0.05, 0.1) is 11.9 Å². The minimum absolute atomic E-state index is 0.555. The molecule has 0 spiro atoms. The van der Waals surface area contributed by atoms with E-state index in [2.05, 4.69) is 4.90 Å². The summed E-state index contributed by atoms with van der Waals surface area (Å²) in [6.07, 6.45) is 5.84. The molecule has 2 aliphatic rings. The fraction of sp³-hybridized carbons (Fsp3) is 0.667. The molecule has 3 rings (SSSR count). The SMILES string of the molecule is OC1(Cc2ccco2)CCN(C2CC2)C1. The molecular formula is C12H17NO2. The highest BCUT2D eigenvalue weighted by Crippen LogP contribution is 2.34. The minimum Gasteiger partial charge on any atom is -0.469 e. The third kappa shape index (κ3) is 1.94. The van der Waals surface area contributed by atoms with Gasteiger partial charge in [0.2, 0.25) is 0 Å². The third-order valence-corrected chi connectivity index (χ3v) is 3.51. The molecule has 1 aliphatic heterocycles. The van der Waals surface area contributed by atoms with E-state index in [9.17, 15) is 5.11 Å². The van der Waals surface area contributed by atoms with Crippen LogP contribution in [-0.4, -0.2) is 34.7 Å². The van der Waals surface area contributed by atoms with Crippen LogP contribution in [0.1, 0.15) is 25.0 Å². The molecule has 2 fully saturated rings. The van der Waals surface area contributed by atoms with E-state index in [4.69, 9.17) is 4.42 Å². The van der Waals surface area contributed by atoms with Gasteiger partial charge in [-0.3, -0.25) is 4.90 Å². The van der Waals surface area contributed by atoms with E-state index in [0.29, 0.717) is 6.42 Å². The first kappa shape index (κ1) is 9.43. The van der Waals surface area contributed by atoms with Gasteiger partial charge in [0.25, 0.3) is 0 Å². The highest BCUT2D eigenvalue weighted by molar-refractivity contribution is 5.06. The fourth-order valence-electron chi connectivity index (χ4n) is 2.52. The minimum atomic E-state index is -0.555. The predicted molar refractivity (Wildman–Crippen MR) is 56.6 cm³/mol. The number of aliphatic hydroxyl groups is 1. The largest absolute Gasteiger partial charge is 0.469 e. The monoisotopic (exact) mass is 207 g/mol. The van der Waals surface area contributed by atoms with Crippen molar-refractivity contribution in [2.75, 3.05) is 13.1 Å². The van der Waals surface area contributed by atoms with E-state index >= 15 is 0 Å². The number of rotatable bonds is 3. The van der Waals surface area contributed by atoms with E-state index in [1.807, 2.05) is 12.1 Å². The number of hydrogen-bond acceptors (Lipinski definition) is 3. The lowest BCUT2D eigenvalue weighted by Crippen LogP contribution is -2.36. The zero-order valence-electron chi connectivity index (χ0n) is 8.85. The highest BCUT2D eigenvalue weighted by atomic mass is 16.3. The molecule has 1 aliphatic carbocycles. The number of nitrogens with zero attached hydrogens (tertiary/aromatic N) is 1. The molecule has 3 heteroatoms. The summed E-state index contributed by atoms with van der Waals surface area (Å²) in [6, 6.07) is 4.58. The maximum absolute atomic E-state index is 10.4. The number of β-amino-alcohol motifs (C(OH)–C–C–N with tert-alkyl or cyclic N) is 1. The Morgan fingerprint density at radius 3 is 3.07 bits per heavy atom. The maximum atomic E-state index is 10.4. The molecule has 2 heterocycles. The molecule has 1 atom stereocenters. The summed E-state index contributed by atoms with van der Waals surface area (Å²) in [4.78, 5) is 2.42. The highest BCUT2D eigenvalue weighted by Gasteiger charge is 2.42. The van der Waals surface area contributed by atoms with Crippen LogP contribution < -0.4 is 0 Å². The average Bonchev–Trinajstić information content (AvgIpc) is 2.81. The van der Waals surface area contributed by atoms with Crippen molar-refractivity contribution >= 4 is 0 Å². The Morgan fingerprint density at radius 1 is 1.53 bits per heavy atom. The van der Waals surface area contributed by atoms with Crippen LogP contribution in [0.4, 0.5) is 0 Å². The molecule has 82 valence electrons. The van der Waals surface area contributed by atoms with Crippen molar-refractivity contribution in [1.29, 1.82) is 0 Å². The Labute approximate surface area is 89.7 Å². The Bertz CT molecular complexity index is 331. The second kappa shape index (κ2) is 3.35. The van der Waals surface area contributed by atoms with Crippen molar-refractivity contribution in [2.45, 2.75) is 37.3 Å². The van der Waals surface area contributed by atoms with Gasteiger partial charge in [0, 0.05) is 25.6 Å². The van der Waals surface area contributed by atoms with Gasteiger partial charge in [-0.15, -0.1) is 0 Å². The lowest BCUT2D eigenvalue weighted by Gasteiger charge is -2.22. The molecule has 3 nitrogen and oxygen atoms in total. The Morgan fingerprint density at radius 2 is 2.40 bits per heavy atom. The predicted octanol–water partition coefficient (Wildman–Crippen LogP) is 1.42. The van der Waals surface area contributed by atoms with Gasteiger partial charge in [-0.25, -0.2) is 0 Å². The second-order valence-electron chi connectivity index (χ2n) is 4.93. The van der Waals surface area contributed by atoms with Crippen molar-refractivity contribution in [3.63, 3.8) is 0 Å². The standard InChI is InChI=1S/C12H17NO2/c14-12(8-11-2-1-7-15-11)5-6-13(9-12)10-3-4-10/h1-2,7,10,14H,3-6,8-9H2. The summed E-state index contributed by atoms with van der Waals surface area (Å²) < 4.78 is 5.29. The number of likely N-dealkylation sites (tertiary alicyclic amines) is 1. The quantitative estimate of drug-likeness (QED) is 0.814. The fourth-order valence-corrected chi connectivity index (χ4v) is 2.52. The Hall–Kier alpha value is -0.800. The molecule has 0 aromatic carbocycles. The van der Waals surface area contributed by atoms with E-state index in [1.54, 1.807) is 6.26 Å². The number of furan rings is 1. The normalized spacial score (nSPS) is 32.3. The first-order valence-electron chi connectivity index (χ1n) is 5.74. The van der Waals surface area contributed by atoms with Crippen LogP contribution in [0.15, 0.2) is 22.8 Å². The van der Waals surface area contributed by atoms with Crippen LogP contribution in [0, 0.1) is 0 Å². The van der Waals surface area contributed by atoms with Gasteiger partial charge in [0.1, 0.15) is 5.76 Å². The molecule has 1 saturated carbocycles. The first-order valence-corrected chi connectivity index (χ1v) is 5.74. The molecule has 15 heavy (non-hydrogen) atoms. The van der Waals surface area contributed by atoms with Gasteiger partial charge < -0.3 is 9.52 Å². The topological polar surface area (TPSA) is 36.6 Å². The molecule has 1 N–H and O–H groups in total. The first-order chi connectivity index (χ1) is 7.25. The van der Waals surface area contributed by atoms with Crippen molar-refractivity contribution in [3.05, 3.63) is 24.2 Å². The van der Waals surface area contributed by atoms with Crippen LogP contribution in [0.25, 0.3) is 0 Å². The molecule has 1 aromatic heterocycles. The van der Waals surface area contributed by atoms with Crippen LogP contribution in [0.3, 0.4) is 0 Å². The van der Waals surface area contributed by atoms with Crippen LogP contribution >= 0.6 is 0 Å². The molecule has 0 amide bonds. The van der Waals surface area contributed by atoms with Gasteiger partial charge in [-0.1, -0.05) is 0 Å². The molecule has 0 radical (unpaired) electrons. The van der Waals surface area contributed by atoms with Gasteiger partial charge in [-0.05, 0) is 31.4 Å². The summed E-state index contributed by atoms with van der Waals surface area (Å²) in [7, 11) is 0. The third-order valence-electron chi connectivity index (χ3n) is 3.51. The van der Waals surface area contributed by atoms with Gasteiger partial charge in [0.15, 0.2) is 0 Å². The van der Waals surface area contributed by atoms with Gasteiger partial charge >= 0.3 is 0 Å².